The van der Waals surface area contributed by atoms with Gasteiger partial charge in [0.15, 0.2) is 6.29 Å². The molecule has 0 aromatic carbocycles. The number of hydrogen-bond donors (Lipinski definition) is 2. The fourth-order valence-electron chi connectivity index (χ4n) is 0.579. The maximum atomic E-state index is 10.5. The Morgan fingerprint density at radius 3 is 2.22 bits per heavy atom. The van der Waals surface area contributed by atoms with E-state index >= 15 is 0 Å². The van der Waals surface area contributed by atoms with Crippen LogP contribution in [0.4, 0.5) is 0 Å². The van der Waals surface area contributed by atoms with Crippen LogP contribution < -0.4 is 0 Å². The van der Waals surface area contributed by atoms with Gasteiger partial charge in [-0.05, 0) is 13.8 Å². The van der Waals surface area contributed by atoms with E-state index in [4.69, 9.17) is 10.2 Å². The number of rotatable bonds is 7. The number of carbonyl (C=O) groups is 2. The molecule has 0 saturated carbocycles. The number of esters is 2. The second kappa shape index (κ2) is 13.8. The van der Waals surface area contributed by atoms with Gasteiger partial charge >= 0.3 is 11.9 Å². The Labute approximate surface area is 105 Å². The highest BCUT2D eigenvalue weighted by atomic mass is 16.6. The number of aliphatic hydroxyl groups excluding tert-OH is 2. The molecule has 0 rings (SSSR count). The third-order valence-electron chi connectivity index (χ3n) is 1.29. The van der Waals surface area contributed by atoms with Gasteiger partial charge < -0.3 is 29.2 Å². The molecule has 1 unspecified atom stereocenters. The summed E-state index contributed by atoms with van der Waals surface area (Å²) in [7, 11) is 1.25. The van der Waals surface area contributed by atoms with Crippen molar-refractivity contribution in [1.29, 1.82) is 0 Å². The highest BCUT2D eigenvalue weighted by Crippen LogP contribution is 1.85. The van der Waals surface area contributed by atoms with Crippen molar-refractivity contribution in [3.05, 3.63) is 0 Å². The first-order valence-electron chi connectivity index (χ1n) is 5.18. The van der Waals surface area contributed by atoms with Crippen LogP contribution in [0, 0.1) is 0 Å². The van der Waals surface area contributed by atoms with Gasteiger partial charge in [0.25, 0.3) is 0 Å². The van der Waals surface area contributed by atoms with Crippen molar-refractivity contribution in [2.24, 2.45) is 0 Å². The number of aliphatic hydroxyl groups is 2. The lowest BCUT2D eigenvalue weighted by Crippen LogP contribution is -2.17. The molecule has 0 heterocycles. The van der Waals surface area contributed by atoms with Gasteiger partial charge in [-0.25, -0.2) is 9.59 Å². The predicted molar refractivity (Wildman–Crippen MR) is 59.3 cm³/mol. The number of ether oxygens (including phenoxy) is 4. The Morgan fingerprint density at radius 1 is 1.22 bits per heavy atom. The fraction of sp³-hybridized carbons (Fsp3) is 0.800. The van der Waals surface area contributed by atoms with E-state index in [2.05, 4.69) is 18.9 Å². The summed E-state index contributed by atoms with van der Waals surface area (Å²) in [6.45, 7) is 2.65. The summed E-state index contributed by atoms with van der Waals surface area (Å²) >= 11 is 0. The molecule has 0 aromatic rings. The molecule has 8 nitrogen and oxygen atoms in total. The van der Waals surface area contributed by atoms with Crippen molar-refractivity contribution < 1.29 is 38.7 Å². The van der Waals surface area contributed by atoms with E-state index in [9.17, 15) is 9.59 Å². The normalized spacial score (nSPS) is 10.9. The fourth-order valence-corrected chi connectivity index (χ4v) is 0.579. The molecule has 0 fully saturated rings. The van der Waals surface area contributed by atoms with E-state index in [1.807, 2.05) is 0 Å². The van der Waals surface area contributed by atoms with E-state index in [-0.39, 0.29) is 13.2 Å². The zero-order valence-corrected chi connectivity index (χ0v) is 10.7. The molecule has 8 heteroatoms. The number of carbonyl (C=O) groups excluding carboxylic acids is 2. The van der Waals surface area contributed by atoms with Gasteiger partial charge in [-0.15, -0.1) is 0 Å². The highest BCUT2D eigenvalue weighted by molar-refractivity contribution is 5.70. The zero-order chi connectivity index (χ0) is 14.4. The third kappa shape index (κ3) is 17.2. The molecule has 0 bridgehead atoms. The van der Waals surface area contributed by atoms with E-state index in [0.29, 0.717) is 6.61 Å². The number of methoxy groups -OCH3 is 1. The Morgan fingerprint density at radius 2 is 1.83 bits per heavy atom. The molecule has 0 amide bonds. The van der Waals surface area contributed by atoms with Crippen molar-refractivity contribution in [1.82, 2.24) is 0 Å². The average molecular weight is 268 g/mol. The lowest BCUT2D eigenvalue weighted by molar-refractivity contribution is -0.159. The molecular weight excluding hydrogens is 248 g/mol. The number of hydrogen-bond acceptors (Lipinski definition) is 8. The second-order valence-electron chi connectivity index (χ2n) is 2.77. The minimum absolute atomic E-state index is 0.188. The van der Waals surface area contributed by atoms with E-state index in [1.54, 1.807) is 6.92 Å². The summed E-state index contributed by atoms with van der Waals surface area (Å²) in [5, 5.41) is 16.5. The molecule has 0 saturated heterocycles. The molecule has 0 aliphatic rings. The van der Waals surface area contributed by atoms with Gasteiger partial charge in [0.2, 0.25) is 0 Å². The van der Waals surface area contributed by atoms with E-state index < -0.39 is 25.0 Å². The van der Waals surface area contributed by atoms with Gasteiger partial charge in [0, 0.05) is 0 Å². The SMILES string of the molecule is CCOC(=O)COC(C)O.COC(=O)COCO. The minimum atomic E-state index is -0.913. The van der Waals surface area contributed by atoms with Crippen LogP contribution in [0.3, 0.4) is 0 Å². The lowest BCUT2D eigenvalue weighted by atomic mass is 10.7. The van der Waals surface area contributed by atoms with Crippen molar-refractivity contribution in [3.8, 4) is 0 Å². The summed E-state index contributed by atoms with van der Waals surface area (Å²) < 4.78 is 17.5. The Bertz CT molecular complexity index is 216. The van der Waals surface area contributed by atoms with E-state index in [1.165, 1.54) is 14.0 Å². The van der Waals surface area contributed by atoms with Gasteiger partial charge in [-0.2, -0.15) is 0 Å². The maximum Gasteiger partial charge on any atom is 0.332 e. The Kier molecular flexibility index (Phi) is 14.7. The predicted octanol–water partition coefficient (Wildman–Crippen LogP) is -0.970. The molecule has 18 heavy (non-hydrogen) atoms. The van der Waals surface area contributed by atoms with Gasteiger partial charge in [-0.1, -0.05) is 0 Å². The largest absolute Gasteiger partial charge is 0.467 e. The maximum absolute atomic E-state index is 10.5. The lowest BCUT2D eigenvalue weighted by Gasteiger charge is -2.04. The Hall–Kier alpha value is -1.22. The average Bonchev–Trinajstić information content (AvgIpc) is 2.34. The summed E-state index contributed by atoms with van der Waals surface area (Å²) in [6, 6.07) is 0. The molecule has 0 aliphatic heterocycles. The van der Waals surface area contributed by atoms with Crippen molar-refractivity contribution >= 4 is 11.9 Å². The van der Waals surface area contributed by atoms with E-state index in [0.717, 1.165) is 0 Å². The van der Waals surface area contributed by atoms with Crippen LogP contribution in [0.25, 0.3) is 0 Å². The molecule has 2 N–H and O–H groups in total. The first-order valence-corrected chi connectivity index (χ1v) is 5.18. The summed E-state index contributed by atoms with van der Waals surface area (Å²) in [5.74, 6) is -0.942. The van der Waals surface area contributed by atoms with Crippen LogP contribution in [0.5, 0.6) is 0 Å². The van der Waals surface area contributed by atoms with Gasteiger partial charge in [0.1, 0.15) is 20.0 Å². The topological polar surface area (TPSA) is 112 Å². The molecule has 108 valence electrons. The standard InChI is InChI=1S/C6H12O4.C4H8O4/c1-3-9-6(8)4-10-5(2)7;1-7-4(6)2-8-3-5/h5,7H,3-4H2,1-2H3;5H,2-3H2,1H3. The molecule has 0 aliphatic carbocycles. The Balaban J connectivity index is 0. The first kappa shape index (κ1) is 19.1. The molecule has 0 spiro atoms. The van der Waals surface area contributed by atoms with Gasteiger partial charge in [-0.3, -0.25) is 0 Å². The van der Waals surface area contributed by atoms with Crippen molar-refractivity contribution in [2.75, 3.05) is 33.7 Å². The molecule has 0 aromatic heterocycles. The third-order valence-corrected chi connectivity index (χ3v) is 1.29. The molecular formula is C10H20O8. The highest BCUT2D eigenvalue weighted by Gasteiger charge is 2.02. The first-order chi connectivity index (χ1) is 8.47. The summed E-state index contributed by atoms with van der Waals surface area (Å²) in [6.07, 6.45) is -0.913. The smallest absolute Gasteiger partial charge is 0.332 e. The van der Waals surface area contributed by atoms with Crippen LogP contribution in [0.15, 0.2) is 0 Å². The summed E-state index contributed by atoms with van der Waals surface area (Å²) in [4.78, 5) is 20.6. The minimum Gasteiger partial charge on any atom is -0.467 e. The monoisotopic (exact) mass is 268 g/mol. The van der Waals surface area contributed by atoms with Crippen molar-refractivity contribution in [2.45, 2.75) is 20.1 Å². The molecule has 1 atom stereocenters. The van der Waals surface area contributed by atoms with Crippen LogP contribution in [-0.2, 0) is 28.5 Å². The van der Waals surface area contributed by atoms with Crippen LogP contribution in [-0.4, -0.2) is 62.2 Å². The van der Waals surface area contributed by atoms with Crippen LogP contribution in [0.2, 0.25) is 0 Å². The molecule has 0 radical (unpaired) electrons. The van der Waals surface area contributed by atoms with Crippen LogP contribution >= 0.6 is 0 Å². The van der Waals surface area contributed by atoms with Crippen LogP contribution in [0.1, 0.15) is 13.8 Å². The quantitative estimate of drug-likeness (QED) is 0.448. The zero-order valence-electron chi connectivity index (χ0n) is 10.7. The van der Waals surface area contributed by atoms with Crippen molar-refractivity contribution in [3.63, 3.8) is 0 Å². The van der Waals surface area contributed by atoms with Gasteiger partial charge in [0.05, 0.1) is 13.7 Å². The second-order valence-corrected chi connectivity index (χ2v) is 2.77. The summed E-state index contributed by atoms with van der Waals surface area (Å²) in [5.41, 5.74) is 0.